The number of anilines is 2. The number of carboxylic acids is 1. The van der Waals surface area contributed by atoms with Gasteiger partial charge in [-0.3, -0.25) is 4.55 Å². The van der Waals surface area contributed by atoms with Gasteiger partial charge in [0.05, 0.1) is 39.0 Å². The van der Waals surface area contributed by atoms with Gasteiger partial charge in [-0.15, -0.1) is 10.2 Å². The Morgan fingerprint density at radius 1 is 0.633 bits per heavy atom. The topological polar surface area (TPSA) is 238 Å². The summed E-state index contributed by atoms with van der Waals surface area (Å²) in [5.74, 6) is -1.61. The third kappa shape index (κ3) is 9.87. The number of nitrogens with zero attached hydrogens (tertiary/aromatic N) is 6. The Kier molecular flexibility index (Phi) is 13.5. The molecule has 0 amide bonds. The monoisotopic (exact) mass is 696 g/mol. The molecule has 0 spiro atoms. The van der Waals surface area contributed by atoms with E-state index >= 15 is 0 Å². The number of azo groups is 3. The zero-order chi connectivity index (χ0) is 33.7. The van der Waals surface area contributed by atoms with Gasteiger partial charge in [-0.05, 0) is 96.4 Å². The molecule has 14 nitrogen and oxygen atoms in total. The van der Waals surface area contributed by atoms with Gasteiger partial charge >= 0.3 is 5.97 Å². The Labute approximate surface area is 325 Å². The molecule has 0 bridgehead atoms. The second-order valence-corrected chi connectivity index (χ2v) is 11.5. The minimum Gasteiger partial charge on any atom is -0.507 e. The fraction of sp³-hybridized carbons (Fsp3) is 0.0312. The summed E-state index contributed by atoms with van der Waals surface area (Å²) in [5.41, 5.74) is 17.4. The van der Waals surface area contributed by atoms with Crippen LogP contribution < -0.4 is 11.5 Å². The average molecular weight is 697 g/mol. The van der Waals surface area contributed by atoms with Crippen molar-refractivity contribution < 1.29 is 28.0 Å². The molecule has 0 aliphatic carbocycles. The number of carboxylic acid groups (broad SMARTS) is 1. The molecule has 0 fully saturated rings. The summed E-state index contributed by atoms with van der Waals surface area (Å²) in [6.45, 7) is 1.76. The van der Waals surface area contributed by atoms with Crippen molar-refractivity contribution in [1.82, 2.24) is 0 Å². The third-order valence-electron chi connectivity index (χ3n) is 6.80. The standard InChI is InChI=1S/C32H26N8O6S.2Na/c1-18-16-27(39-36-23-10-13-25(14-11-23)47(44,45)46)30(34)31(29(18)33)40-37-22-8-4-20(5-9-22)19-2-6-21(7-3-19)35-38-24-12-15-28(41)26(17-24)32(42)43;;/h2-17,41H,33-34H2,1H3,(H,42,43)(H,44,45,46);;. The number of nitrogen functional groups attached to an aromatic ring is 2. The van der Waals surface area contributed by atoms with Crippen LogP contribution in [0.15, 0.2) is 133 Å². The molecule has 0 saturated heterocycles. The zero-order valence-corrected chi connectivity index (χ0v) is 31.4. The largest absolute Gasteiger partial charge is 0.507 e. The van der Waals surface area contributed by atoms with E-state index in [9.17, 15) is 18.3 Å². The molecule has 17 heteroatoms. The molecule has 2 radical (unpaired) electrons. The van der Waals surface area contributed by atoms with Crippen LogP contribution in [0.2, 0.25) is 0 Å². The van der Waals surface area contributed by atoms with Crippen LogP contribution >= 0.6 is 0 Å². The van der Waals surface area contributed by atoms with Crippen LogP contribution in [0.5, 0.6) is 5.75 Å². The quantitative estimate of drug-likeness (QED) is 0.0437. The van der Waals surface area contributed by atoms with E-state index in [1.165, 1.54) is 42.5 Å². The van der Waals surface area contributed by atoms with Crippen LogP contribution in [-0.2, 0) is 10.1 Å². The number of phenols is 1. The summed E-state index contributed by atoms with van der Waals surface area (Å²) in [4.78, 5) is 10.9. The predicted molar refractivity (Wildman–Crippen MR) is 187 cm³/mol. The predicted octanol–water partition coefficient (Wildman–Crippen LogP) is 7.96. The van der Waals surface area contributed by atoms with E-state index in [0.29, 0.717) is 28.3 Å². The molecule has 0 unspecified atom stereocenters. The number of nitrogens with two attached hydrogens (primary N) is 2. The van der Waals surface area contributed by atoms with E-state index in [-0.39, 0.29) is 98.1 Å². The molecule has 0 heterocycles. The van der Waals surface area contributed by atoms with Crippen LogP contribution in [0.3, 0.4) is 0 Å². The van der Waals surface area contributed by atoms with Gasteiger partial charge in [0.2, 0.25) is 0 Å². The third-order valence-corrected chi connectivity index (χ3v) is 7.66. The normalized spacial score (nSPS) is 11.5. The Balaban J connectivity index is 0.00000325. The van der Waals surface area contributed by atoms with Gasteiger partial charge in [0.25, 0.3) is 10.1 Å². The molecular formula is C32H26N8Na2O6S. The fourth-order valence-electron chi connectivity index (χ4n) is 4.22. The molecule has 5 aromatic rings. The first-order valence-corrected chi connectivity index (χ1v) is 15.1. The molecule has 0 atom stereocenters. The first-order chi connectivity index (χ1) is 22.4. The minimum atomic E-state index is -4.33. The first kappa shape index (κ1) is 39.1. The van der Waals surface area contributed by atoms with Gasteiger partial charge < -0.3 is 21.7 Å². The van der Waals surface area contributed by atoms with Gasteiger partial charge in [0.15, 0.2) is 0 Å². The van der Waals surface area contributed by atoms with Crippen molar-refractivity contribution in [1.29, 1.82) is 0 Å². The van der Waals surface area contributed by atoms with E-state index in [2.05, 4.69) is 30.7 Å². The first-order valence-electron chi connectivity index (χ1n) is 13.7. The van der Waals surface area contributed by atoms with Crippen LogP contribution in [-0.4, -0.2) is 88.3 Å². The number of hydrogen-bond donors (Lipinski definition) is 5. The van der Waals surface area contributed by atoms with Crippen molar-refractivity contribution in [2.45, 2.75) is 11.8 Å². The number of aryl methyl sites for hydroxylation is 1. The second kappa shape index (κ2) is 16.9. The zero-order valence-electron chi connectivity index (χ0n) is 26.6. The Bertz CT molecular complexity index is 2180. The smallest absolute Gasteiger partial charge is 0.339 e. The summed E-state index contributed by atoms with van der Waals surface area (Å²) in [6.07, 6.45) is 0. The average Bonchev–Trinajstić information content (AvgIpc) is 3.05. The van der Waals surface area contributed by atoms with Crippen molar-refractivity contribution in [2.75, 3.05) is 11.5 Å². The fourth-order valence-corrected chi connectivity index (χ4v) is 4.70. The van der Waals surface area contributed by atoms with E-state index in [1.54, 1.807) is 37.3 Å². The molecule has 5 aromatic carbocycles. The van der Waals surface area contributed by atoms with Crippen LogP contribution in [0.1, 0.15) is 15.9 Å². The number of benzene rings is 5. The van der Waals surface area contributed by atoms with E-state index in [0.717, 1.165) is 11.1 Å². The maximum Gasteiger partial charge on any atom is 0.339 e. The summed E-state index contributed by atoms with van der Waals surface area (Å²) in [6, 6.07) is 25.3. The van der Waals surface area contributed by atoms with E-state index < -0.39 is 16.1 Å². The van der Waals surface area contributed by atoms with Gasteiger partial charge in [-0.2, -0.15) is 28.9 Å². The Hall–Kier alpha value is -4.32. The molecule has 5 rings (SSSR count). The Morgan fingerprint density at radius 3 is 1.59 bits per heavy atom. The van der Waals surface area contributed by atoms with Crippen LogP contribution in [0.25, 0.3) is 11.1 Å². The maximum absolute atomic E-state index is 11.2. The molecule has 0 saturated carbocycles. The van der Waals surface area contributed by atoms with Crippen molar-refractivity contribution >= 4 is 121 Å². The summed E-state index contributed by atoms with van der Waals surface area (Å²) in [5, 5.41) is 43.8. The second-order valence-electron chi connectivity index (χ2n) is 10.1. The molecule has 7 N–H and O–H groups in total. The molecular weight excluding hydrogens is 670 g/mol. The molecule has 0 aromatic heterocycles. The number of hydrogen-bond acceptors (Lipinski definition) is 12. The van der Waals surface area contributed by atoms with Crippen molar-refractivity contribution in [2.24, 2.45) is 30.7 Å². The van der Waals surface area contributed by atoms with Crippen molar-refractivity contribution in [3.05, 3.63) is 108 Å². The number of aromatic hydroxyl groups is 1. The van der Waals surface area contributed by atoms with Gasteiger partial charge in [0.1, 0.15) is 22.7 Å². The minimum absolute atomic E-state index is 0. The van der Waals surface area contributed by atoms with Gasteiger partial charge in [0, 0.05) is 59.1 Å². The van der Waals surface area contributed by atoms with Crippen LogP contribution in [0.4, 0.5) is 45.5 Å². The summed E-state index contributed by atoms with van der Waals surface area (Å²) in [7, 11) is -4.33. The number of carbonyl (C=O) groups is 1. The van der Waals surface area contributed by atoms with Crippen molar-refractivity contribution in [3.63, 3.8) is 0 Å². The summed E-state index contributed by atoms with van der Waals surface area (Å²) >= 11 is 0. The van der Waals surface area contributed by atoms with E-state index in [4.69, 9.17) is 21.1 Å². The molecule has 0 aliphatic heterocycles. The van der Waals surface area contributed by atoms with Crippen LogP contribution in [0, 0.1) is 6.92 Å². The number of aromatic carboxylic acids is 1. The van der Waals surface area contributed by atoms with Gasteiger partial charge in [-0.1, -0.05) is 24.3 Å². The SMILES string of the molecule is Cc1cc(N=Nc2ccc(S(=O)(=O)O)cc2)c(N)c(N=Nc2ccc(-c3ccc(N=Nc4ccc(O)c(C(=O)O)c4)cc3)cc2)c1N.[Na].[Na]. The Morgan fingerprint density at radius 2 is 1.08 bits per heavy atom. The van der Waals surface area contributed by atoms with Gasteiger partial charge in [-0.25, -0.2) is 4.79 Å². The molecule has 0 aliphatic rings. The summed E-state index contributed by atoms with van der Waals surface area (Å²) < 4.78 is 31.6. The molecule has 49 heavy (non-hydrogen) atoms. The maximum atomic E-state index is 11.2. The van der Waals surface area contributed by atoms with Crippen molar-refractivity contribution in [3.8, 4) is 16.9 Å². The number of rotatable bonds is 9. The molecule has 238 valence electrons. The van der Waals surface area contributed by atoms with E-state index in [1.807, 2.05) is 24.3 Å².